The Morgan fingerprint density at radius 1 is 1.22 bits per heavy atom. The van der Waals surface area contributed by atoms with Crippen LogP contribution in [-0.4, -0.2) is 10.9 Å². The topological polar surface area (TPSA) is 42.0 Å². The lowest BCUT2D eigenvalue weighted by atomic mass is 9.99. The van der Waals surface area contributed by atoms with Gasteiger partial charge in [0.1, 0.15) is 11.5 Å². The molecule has 0 atom stereocenters. The molecule has 0 spiro atoms. The first kappa shape index (κ1) is 17.0. The van der Waals surface area contributed by atoms with Crippen LogP contribution in [0.4, 0.5) is 18.9 Å². The van der Waals surface area contributed by atoms with Crippen molar-refractivity contribution in [1.29, 1.82) is 0 Å². The van der Waals surface area contributed by atoms with Crippen LogP contribution >= 0.6 is 0 Å². The van der Waals surface area contributed by atoms with Crippen molar-refractivity contribution in [1.82, 2.24) is 4.98 Å². The first-order valence-corrected chi connectivity index (χ1v) is 7.13. The predicted molar refractivity (Wildman–Crippen MR) is 82.1 cm³/mol. The van der Waals surface area contributed by atoms with Gasteiger partial charge in [0.15, 0.2) is 0 Å². The van der Waals surface area contributed by atoms with Crippen molar-refractivity contribution in [3.05, 3.63) is 59.2 Å². The number of hydrogen-bond donors (Lipinski definition) is 1. The highest BCUT2D eigenvalue weighted by atomic mass is 19.3. The van der Waals surface area contributed by atoms with Gasteiger partial charge in [0.25, 0.3) is 11.8 Å². The van der Waals surface area contributed by atoms with Gasteiger partial charge in [-0.1, -0.05) is 13.8 Å². The summed E-state index contributed by atoms with van der Waals surface area (Å²) in [5.74, 6) is -4.79. The predicted octanol–water partition coefficient (Wildman–Crippen LogP) is 4.53. The molecule has 0 aliphatic carbocycles. The Labute approximate surface area is 132 Å². The molecule has 0 saturated carbocycles. The Balaban J connectivity index is 2.16. The van der Waals surface area contributed by atoms with Gasteiger partial charge in [-0.05, 0) is 42.8 Å². The van der Waals surface area contributed by atoms with Crippen LogP contribution < -0.4 is 5.32 Å². The van der Waals surface area contributed by atoms with Crippen LogP contribution in [0.2, 0.25) is 0 Å². The molecule has 0 aliphatic heterocycles. The molecule has 0 bridgehead atoms. The number of carbonyl (C=O) groups excluding carboxylic acids is 1. The van der Waals surface area contributed by atoms with Crippen LogP contribution in [0.5, 0.6) is 0 Å². The third kappa shape index (κ3) is 3.70. The summed E-state index contributed by atoms with van der Waals surface area (Å²) < 4.78 is 40.9. The van der Waals surface area contributed by atoms with E-state index in [1.807, 2.05) is 0 Å². The van der Waals surface area contributed by atoms with Crippen molar-refractivity contribution in [2.24, 2.45) is 5.92 Å². The third-order valence-electron chi connectivity index (χ3n) is 3.52. The van der Waals surface area contributed by atoms with Gasteiger partial charge in [-0.15, -0.1) is 0 Å². The van der Waals surface area contributed by atoms with Crippen molar-refractivity contribution in [2.75, 3.05) is 5.32 Å². The second kappa shape index (κ2) is 6.40. The molecule has 6 heteroatoms. The highest BCUT2D eigenvalue weighted by Crippen LogP contribution is 2.35. The molecule has 1 aromatic carbocycles. The van der Waals surface area contributed by atoms with Gasteiger partial charge in [-0.25, -0.2) is 13.2 Å². The number of nitrogens with zero attached hydrogens (tertiary/aromatic N) is 1. The number of anilines is 1. The second-order valence-corrected chi connectivity index (χ2v) is 5.63. The van der Waals surface area contributed by atoms with Gasteiger partial charge >= 0.3 is 0 Å². The van der Waals surface area contributed by atoms with E-state index < -0.39 is 17.7 Å². The smallest absolute Gasteiger partial charge is 0.276 e. The molecule has 1 amide bonds. The standard InChI is InChI=1S/C17H17F3N2O/c1-10(2)17(19,20)12-4-7-15(21-9-12)16(23)22-13-5-6-14(18)11(3)8-13/h4-10H,1-3H3,(H,22,23). The van der Waals surface area contributed by atoms with Gasteiger partial charge < -0.3 is 5.32 Å². The maximum atomic E-state index is 13.9. The van der Waals surface area contributed by atoms with Crippen LogP contribution in [0.1, 0.15) is 35.5 Å². The number of carbonyl (C=O) groups is 1. The fraction of sp³-hybridized carbons (Fsp3) is 0.294. The lowest BCUT2D eigenvalue weighted by Gasteiger charge is -2.20. The van der Waals surface area contributed by atoms with Gasteiger partial charge in [-0.3, -0.25) is 9.78 Å². The molecule has 3 nitrogen and oxygen atoms in total. The Morgan fingerprint density at radius 2 is 1.91 bits per heavy atom. The van der Waals surface area contributed by atoms with Crippen molar-refractivity contribution in [3.63, 3.8) is 0 Å². The normalized spacial score (nSPS) is 11.6. The van der Waals surface area contributed by atoms with E-state index in [4.69, 9.17) is 0 Å². The van der Waals surface area contributed by atoms with Crippen LogP contribution in [0, 0.1) is 18.7 Å². The minimum absolute atomic E-state index is 0.00952. The SMILES string of the molecule is Cc1cc(NC(=O)c2ccc(C(F)(F)C(C)C)cn2)ccc1F. The molecular weight excluding hydrogens is 305 g/mol. The first-order valence-electron chi connectivity index (χ1n) is 7.13. The number of aryl methyl sites for hydroxylation is 1. The number of amides is 1. The fourth-order valence-corrected chi connectivity index (χ4v) is 1.98. The molecule has 0 aliphatic rings. The molecule has 1 heterocycles. The maximum absolute atomic E-state index is 13.9. The summed E-state index contributed by atoms with van der Waals surface area (Å²) >= 11 is 0. The number of alkyl halides is 2. The van der Waals surface area contributed by atoms with Crippen LogP contribution in [0.15, 0.2) is 36.5 Å². The van der Waals surface area contributed by atoms with Crippen molar-refractivity contribution >= 4 is 11.6 Å². The fourth-order valence-electron chi connectivity index (χ4n) is 1.98. The number of halogens is 3. The molecule has 122 valence electrons. The van der Waals surface area contributed by atoms with E-state index in [-0.39, 0.29) is 17.1 Å². The number of hydrogen-bond acceptors (Lipinski definition) is 2. The van der Waals surface area contributed by atoms with E-state index in [2.05, 4.69) is 10.3 Å². The number of nitrogens with one attached hydrogen (secondary N) is 1. The average molecular weight is 322 g/mol. The number of aromatic nitrogens is 1. The van der Waals surface area contributed by atoms with E-state index in [0.29, 0.717) is 11.3 Å². The summed E-state index contributed by atoms with van der Waals surface area (Å²) in [7, 11) is 0. The lowest BCUT2D eigenvalue weighted by Crippen LogP contribution is -2.22. The molecule has 2 rings (SSSR count). The molecule has 1 N–H and O–H groups in total. The summed E-state index contributed by atoms with van der Waals surface area (Å²) in [6, 6.07) is 6.58. The number of benzene rings is 1. The molecule has 0 radical (unpaired) electrons. The average Bonchev–Trinajstić information content (AvgIpc) is 2.51. The largest absolute Gasteiger partial charge is 0.321 e. The Hall–Kier alpha value is -2.37. The Morgan fingerprint density at radius 3 is 2.43 bits per heavy atom. The Bertz CT molecular complexity index is 712. The van der Waals surface area contributed by atoms with Gasteiger partial charge in [0.2, 0.25) is 0 Å². The molecule has 0 saturated heterocycles. The molecular formula is C17H17F3N2O. The molecule has 0 fully saturated rings. The Kier molecular flexibility index (Phi) is 4.73. The van der Waals surface area contributed by atoms with Crippen LogP contribution in [0.3, 0.4) is 0 Å². The zero-order valence-electron chi connectivity index (χ0n) is 13.0. The molecule has 23 heavy (non-hydrogen) atoms. The zero-order valence-corrected chi connectivity index (χ0v) is 13.0. The number of pyridine rings is 1. The van der Waals surface area contributed by atoms with E-state index >= 15 is 0 Å². The summed E-state index contributed by atoms with van der Waals surface area (Å²) in [6.07, 6.45) is 1.00. The van der Waals surface area contributed by atoms with E-state index in [0.717, 1.165) is 6.20 Å². The van der Waals surface area contributed by atoms with Crippen molar-refractivity contribution in [2.45, 2.75) is 26.7 Å². The molecule has 2 aromatic rings. The van der Waals surface area contributed by atoms with Crippen molar-refractivity contribution < 1.29 is 18.0 Å². The van der Waals surface area contributed by atoms with E-state index in [1.165, 1.54) is 44.2 Å². The van der Waals surface area contributed by atoms with Gasteiger partial charge in [0, 0.05) is 23.4 Å². The quantitative estimate of drug-likeness (QED) is 0.898. The summed E-state index contributed by atoms with van der Waals surface area (Å²) in [5, 5.41) is 2.55. The zero-order chi connectivity index (χ0) is 17.2. The van der Waals surface area contributed by atoms with Crippen LogP contribution in [0.25, 0.3) is 0 Å². The molecule has 1 aromatic heterocycles. The minimum atomic E-state index is -3.00. The maximum Gasteiger partial charge on any atom is 0.276 e. The molecule has 0 unspecified atom stereocenters. The number of rotatable bonds is 4. The van der Waals surface area contributed by atoms with E-state index in [1.54, 1.807) is 6.92 Å². The van der Waals surface area contributed by atoms with Gasteiger partial charge in [-0.2, -0.15) is 0 Å². The summed E-state index contributed by atoms with van der Waals surface area (Å²) in [5.41, 5.74) is 0.576. The lowest BCUT2D eigenvalue weighted by molar-refractivity contribution is -0.0516. The first-order chi connectivity index (χ1) is 10.7. The minimum Gasteiger partial charge on any atom is -0.321 e. The van der Waals surface area contributed by atoms with E-state index in [9.17, 15) is 18.0 Å². The monoisotopic (exact) mass is 322 g/mol. The van der Waals surface area contributed by atoms with Crippen LogP contribution in [-0.2, 0) is 5.92 Å². The third-order valence-corrected chi connectivity index (χ3v) is 3.52. The summed E-state index contributed by atoms with van der Waals surface area (Å²) in [6.45, 7) is 4.40. The highest BCUT2D eigenvalue weighted by molar-refractivity contribution is 6.02. The second-order valence-electron chi connectivity index (χ2n) is 5.63. The highest BCUT2D eigenvalue weighted by Gasteiger charge is 2.35. The van der Waals surface area contributed by atoms with Gasteiger partial charge in [0.05, 0.1) is 0 Å². The summed E-state index contributed by atoms with van der Waals surface area (Å²) in [4.78, 5) is 15.8. The van der Waals surface area contributed by atoms with Crippen molar-refractivity contribution in [3.8, 4) is 0 Å².